The summed E-state index contributed by atoms with van der Waals surface area (Å²) >= 11 is 0. The quantitative estimate of drug-likeness (QED) is 0.481. The van der Waals surface area contributed by atoms with Crippen molar-refractivity contribution in [3.63, 3.8) is 0 Å². The van der Waals surface area contributed by atoms with Crippen LogP contribution in [-0.4, -0.2) is 46.1 Å². The maximum Gasteiger partial charge on any atom is 0.292 e. The molecule has 0 aliphatic carbocycles. The Kier molecular flexibility index (Phi) is 5.22. The minimum Gasteiger partial charge on any atom is -0.363 e. The standard InChI is InChI=1S/C20H20FN5O3/c1-14-2-4-15(5-3-14)20-22-19(29-23-20)13-24-8-10-25(11-9-24)18-12-16(21)6-7-17(18)26(27)28/h2-7,12H,8-11,13H2,1H3. The largest absolute Gasteiger partial charge is 0.363 e. The van der Waals surface area contributed by atoms with Gasteiger partial charge in [0, 0.05) is 43.9 Å². The van der Waals surface area contributed by atoms with Crippen LogP contribution in [0.1, 0.15) is 11.5 Å². The van der Waals surface area contributed by atoms with E-state index in [-0.39, 0.29) is 5.69 Å². The molecule has 1 aliphatic rings. The van der Waals surface area contributed by atoms with E-state index in [4.69, 9.17) is 4.52 Å². The summed E-state index contributed by atoms with van der Waals surface area (Å²) in [7, 11) is 0. The van der Waals surface area contributed by atoms with Crippen molar-refractivity contribution in [1.82, 2.24) is 15.0 Å². The summed E-state index contributed by atoms with van der Waals surface area (Å²) in [6.07, 6.45) is 0. The van der Waals surface area contributed by atoms with Crippen molar-refractivity contribution in [2.24, 2.45) is 0 Å². The van der Waals surface area contributed by atoms with Crippen LogP contribution in [0.3, 0.4) is 0 Å². The van der Waals surface area contributed by atoms with E-state index in [9.17, 15) is 14.5 Å². The Labute approximate surface area is 166 Å². The van der Waals surface area contributed by atoms with Gasteiger partial charge in [-0.2, -0.15) is 4.98 Å². The Morgan fingerprint density at radius 3 is 2.55 bits per heavy atom. The molecule has 0 amide bonds. The number of rotatable bonds is 5. The number of aromatic nitrogens is 2. The van der Waals surface area contributed by atoms with Crippen molar-refractivity contribution in [2.75, 3.05) is 31.1 Å². The summed E-state index contributed by atoms with van der Waals surface area (Å²) in [5, 5.41) is 15.3. The van der Waals surface area contributed by atoms with E-state index in [1.807, 2.05) is 36.1 Å². The highest BCUT2D eigenvalue weighted by atomic mass is 19.1. The topological polar surface area (TPSA) is 88.5 Å². The molecule has 29 heavy (non-hydrogen) atoms. The Morgan fingerprint density at radius 1 is 1.14 bits per heavy atom. The van der Waals surface area contributed by atoms with Crippen LogP contribution in [0.4, 0.5) is 15.8 Å². The fourth-order valence-corrected chi connectivity index (χ4v) is 3.38. The molecule has 1 fully saturated rings. The third kappa shape index (κ3) is 4.24. The first-order valence-electron chi connectivity index (χ1n) is 9.30. The van der Waals surface area contributed by atoms with Gasteiger partial charge in [0.15, 0.2) is 0 Å². The van der Waals surface area contributed by atoms with E-state index in [0.717, 1.165) is 17.2 Å². The zero-order chi connectivity index (χ0) is 20.4. The SMILES string of the molecule is Cc1ccc(-c2noc(CN3CCN(c4cc(F)ccc4[N+](=O)[O-])CC3)n2)cc1. The molecule has 1 aromatic heterocycles. The van der Waals surface area contributed by atoms with Crippen LogP contribution in [0.5, 0.6) is 0 Å². The molecule has 2 aromatic carbocycles. The van der Waals surface area contributed by atoms with Crippen LogP contribution < -0.4 is 4.90 Å². The van der Waals surface area contributed by atoms with Crippen molar-refractivity contribution < 1.29 is 13.8 Å². The monoisotopic (exact) mass is 397 g/mol. The lowest BCUT2D eigenvalue weighted by Crippen LogP contribution is -2.46. The average molecular weight is 397 g/mol. The Hall–Kier alpha value is -3.33. The molecule has 150 valence electrons. The van der Waals surface area contributed by atoms with E-state index in [1.165, 1.54) is 12.1 Å². The van der Waals surface area contributed by atoms with Crippen molar-refractivity contribution >= 4 is 11.4 Å². The first-order valence-corrected chi connectivity index (χ1v) is 9.30. The van der Waals surface area contributed by atoms with E-state index < -0.39 is 10.7 Å². The van der Waals surface area contributed by atoms with Gasteiger partial charge >= 0.3 is 0 Å². The minimum atomic E-state index is -0.484. The molecule has 4 rings (SSSR count). The van der Waals surface area contributed by atoms with Gasteiger partial charge in [0.1, 0.15) is 11.5 Å². The number of nitro benzene ring substituents is 1. The third-order valence-corrected chi connectivity index (χ3v) is 4.98. The van der Waals surface area contributed by atoms with Crippen molar-refractivity contribution in [3.05, 3.63) is 69.9 Å². The number of hydrogen-bond donors (Lipinski definition) is 0. The predicted molar refractivity (Wildman–Crippen MR) is 105 cm³/mol. The van der Waals surface area contributed by atoms with Gasteiger partial charge in [-0.1, -0.05) is 35.0 Å². The lowest BCUT2D eigenvalue weighted by Gasteiger charge is -2.35. The normalized spacial score (nSPS) is 14.9. The number of aryl methyl sites for hydroxylation is 1. The molecule has 0 radical (unpaired) electrons. The second-order valence-corrected chi connectivity index (χ2v) is 7.03. The van der Waals surface area contributed by atoms with Crippen molar-refractivity contribution in [1.29, 1.82) is 0 Å². The van der Waals surface area contributed by atoms with Gasteiger partial charge in [0.05, 0.1) is 11.5 Å². The van der Waals surface area contributed by atoms with Gasteiger partial charge in [-0.25, -0.2) is 4.39 Å². The summed E-state index contributed by atoms with van der Waals surface area (Å²) in [6, 6.07) is 11.4. The first-order chi connectivity index (χ1) is 14.0. The second kappa shape index (κ2) is 7.96. The van der Waals surface area contributed by atoms with Crippen LogP contribution in [0.2, 0.25) is 0 Å². The summed E-state index contributed by atoms with van der Waals surface area (Å²) < 4.78 is 19.0. The van der Waals surface area contributed by atoms with Gasteiger partial charge in [-0.05, 0) is 13.0 Å². The minimum absolute atomic E-state index is 0.0838. The molecule has 0 saturated carbocycles. The highest BCUT2D eigenvalue weighted by Gasteiger charge is 2.25. The molecule has 0 atom stereocenters. The number of piperazine rings is 1. The van der Waals surface area contributed by atoms with Crippen LogP contribution in [-0.2, 0) is 6.54 Å². The van der Waals surface area contributed by atoms with Gasteiger partial charge in [-0.15, -0.1) is 0 Å². The summed E-state index contributed by atoms with van der Waals surface area (Å²) in [6.45, 7) is 4.90. The zero-order valence-electron chi connectivity index (χ0n) is 15.9. The molecule has 9 heteroatoms. The average Bonchev–Trinajstić information content (AvgIpc) is 3.17. The highest BCUT2D eigenvalue weighted by molar-refractivity contribution is 5.63. The molecular weight excluding hydrogens is 377 g/mol. The smallest absolute Gasteiger partial charge is 0.292 e. The van der Waals surface area contributed by atoms with Gasteiger partial charge in [0.2, 0.25) is 11.7 Å². The Balaban J connectivity index is 1.39. The zero-order valence-corrected chi connectivity index (χ0v) is 15.9. The first kappa shape index (κ1) is 19.0. The third-order valence-electron chi connectivity index (χ3n) is 4.98. The predicted octanol–water partition coefficient (Wildman–Crippen LogP) is 3.41. The fourth-order valence-electron chi connectivity index (χ4n) is 3.38. The summed E-state index contributed by atoms with van der Waals surface area (Å²) in [5.41, 5.74) is 2.29. The number of anilines is 1. The van der Waals surface area contributed by atoms with Crippen molar-refractivity contribution in [2.45, 2.75) is 13.5 Å². The fraction of sp³-hybridized carbons (Fsp3) is 0.300. The van der Waals surface area contributed by atoms with Gasteiger partial charge in [0.25, 0.3) is 5.69 Å². The summed E-state index contributed by atoms with van der Waals surface area (Å²) in [5.74, 6) is 0.585. The summed E-state index contributed by atoms with van der Waals surface area (Å²) in [4.78, 5) is 19.2. The molecule has 0 N–H and O–H groups in total. The molecular formula is C20H20FN5O3. The highest BCUT2D eigenvalue weighted by Crippen LogP contribution is 2.30. The maximum absolute atomic E-state index is 13.6. The van der Waals surface area contributed by atoms with Crippen LogP contribution in [0.15, 0.2) is 47.0 Å². The second-order valence-electron chi connectivity index (χ2n) is 7.03. The van der Waals surface area contributed by atoms with E-state index >= 15 is 0 Å². The molecule has 8 nitrogen and oxygen atoms in total. The molecule has 0 spiro atoms. The molecule has 2 heterocycles. The lowest BCUT2D eigenvalue weighted by atomic mass is 10.1. The van der Waals surface area contributed by atoms with Gasteiger partial charge < -0.3 is 9.42 Å². The van der Waals surface area contributed by atoms with Crippen LogP contribution in [0.25, 0.3) is 11.4 Å². The Bertz CT molecular complexity index is 1010. The van der Waals surface area contributed by atoms with Crippen molar-refractivity contribution in [3.8, 4) is 11.4 Å². The number of benzene rings is 2. The molecule has 3 aromatic rings. The van der Waals surface area contributed by atoms with E-state index in [0.29, 0.717) is 50.1 Å². The van der Waals surface area contributed by atoms with Gasteiger partial charge in [-0.3, -0.25) is 15.0 Å². The Morgan fingerprint density at radius 2 is 1.86 bits per heavy atom. The number of nitro groups is 1. The number of halogens is 1. The van der Waals surface area contributed by atoms with E-state index in [2.05, 4.69) is 15.0 Å². The lowest BCUT2D eigenvalue weighted by molar-refractivity contribution is -0.384. The molecule has 0 bridgehead atoms. The van der Waals surface area contributed by atoms with E-state index in [1.54, 1.807) is 0 Å². The molecule has 0 unspecified atom stereocenters. The molecule has 1 aliphatic heterocycles. The molecule has 1 saturated heterocycles. The van der Waals surface area contributed by atoms with Crippen LogP contribution in [0, 0.1) is 22.9 Å². The van der Waals surface area contributed by atoms with Crippen LogP contribution >= 0.6 is 0 Å². The maximum atomic E-state index is 13.6. The number of hydrogen-bond acceptors (Lipinski definition) is 7. The number of nitrogens with zero attached hydrogens (tertiary/aromatic N) is 5.